The molecule has 1 atom stereocenters. The Morgan fingerprint density at radius 3 is 2.75 bits per heavy atom. The van der Waals surface area contributed by atoms with Gasteiger partial charge in [-0.1, -0.05) is 47.2 Å². The number of hydrogen-bond donors (Lipinski definition) is 1. The highest BCUT2D eigenvalue weighted by Gasteiger charge is 2.55. The van der Waals surface area contributed by atoms with E-state index in [1.165, 1.54) is 5.56 Å². The minimum Gasteiger partial charge on any atom is -0.309 e. The molecule has 1 amide bonds. The van der Waals surface area contributed by atoms with E-state index in [1.807, 2.05) is 39.9 Å². The lowest BCUT2D eigenvalue weighted by Crippen LogP contribution is -2.68. The zero-order valence-corrected chi connectivity index (χ0v) is 17.0. The van der Waals surface area contributed by atoms with Crippen LogP contribution in [0.4, 0.5) is 0 Å². The fourth-order valence-corrected chi connectivity index (χ4v) is 4.61. The first-order valence-corrected chi connectivity index (χ1v) is 10.1. The zero-order chi connectivity index (χ0) is 19.6. The number of halogens is 1. The number of carbonyl (C=O) groups excluding carboxylic acids is 1. The summed E-state index contributed by atoms with van der Waals surface area (Å²) in [7, 11) is 0. The quantitative estimate of drug-likeness (QED) is 0.678. The highest BCUT2D eigenvalue weighted by molar-refractivity contribution is 6.30. The number of nitrogens with one attached hydrogen (secondary N) is 1. The second-order valence-electron chi connectivity index (χ2n) is 8.12. The van der Waals surface area contributed by atoms with Crippen molar-refractivity contribution >= 4 is 23.2 Å². The third-order valence-corrected chi connectivity index (χ3v) is 6.19. The van der Waals surface area contributed by atoms with Gasteiger partial charge in [0.05, 0.1) is 6.54 Å². The van der Waals surface area contributed by atoms with Crippen molar-refractivity contribution in [3.63, 3.8) is 0 Å². The molecule has 1 saturated heterocycles. The van der Waals surface area contributed by atoms with E-state index in [0.29, 0.717) is 10.7 Å². The van der Waals surface area contributed by atoms with Crippen molar-refractivity contribution in [3.05, 3.63) is 52.8 Å². The van der Waals surface area contributed by atoms with Crippen LogP contribution in [0.15, 0.2) is 36.5 Å². The first-order chi connectivity index (χ1) is 13.4. The summed E-state index contributed by atoms with van der Waals surface area (Å²) in [6, 6.07) is 9.84. The summed E-state index contributed by atoms with van der Waals surface area (Å²) in [6.07, 6.45) is 1.88. The number of piperazine rings is 1. The lowest BCUT2D eigenvalue weighted by Gasteiger charge is -2.37. The molecule has 1 unspecified atom stereocenters. The van der Waals surface area contributed by atoms with E-state index in [2.05, 4.69) is 36.7 Å². The normalized spacial score (nSPS) is 21.5. The molecule has 144 valence electrons. The fourth-order valence-electron chi connectivity index (χ4n) is 4.48. The molecule has 0 saturated carbocycles. The van der Waals surface area contributed by atoms with Crippen molar-refractivity contribution in [2.24, 2.45) is 0 Å². The Hall–Kier alpha value is -2.44. The van der Waals surface area contributed by atoms with Gasteiger partial charge in [0, 0.05) is 36.2 Å². The largest absolute Gasteiger partial charge is 0.313 e. The molecule has 7 heteroatoms. The maximum Gasteiger partial charge on any atom is 0.313 e. The van der Waals surface area contributed by atoms with Gasteiger partial charge in [0.15, 0.2) is 11.9 Å². The predicted octanol–water partition coefficient (Wildman–Crippen LogP) is 2.80. The molecule has 0 bridgehead atoms. The van der Waals surface area contributed by atoms with Gasteiger partial charge in [-0.15, -0.1) is 0 Å². The van der Waals surface area contributed by atoms with Crippen molar-refractivity contribution in [1.82, 2.24) is 19.8 Å². The standard InChI is InChI=1S/C21H23ClN5O/c1-13(2)16-10-17(14-4-6-15(22)7-5-14)24-26-11-18-20(28)25-9-8-23-12-21(25,3)27(18)19(16)26/h4-7,10-11,13,23H,8-9,12H2,1-3H3/q+1. The van der Waals surface area contributed by atoms with Gasteiger partial charge in [0.1, 0.15) is 5.69 Å². The maximum atomic E-state index is 13.1. The highest BCUT2D eigenvalue weighted by Crippen LogP contribution is 2.32. The van der Waals surface area contributed by atoms with Crippen molar-refractivity contribution in [3.8, 4) is 11.3 Å². The van der Waals surface area contributed by atoms with Crippen LogP contribution in [-0.2, 0) is 5.66 Å². The summed E-state index contributed by atoms with van der Waals surface area (Å²) in [5.74, 6) is 0.365. The Kier molecular flexibility index (Phi) is 3.80. The van der Waals surface area contributed by atoms with Crippen LogP contribution in [0.3, 0.4) is 0 Å². The summed E-state index contributed by atoms with van der Waals surface area (Å²) in [5, 5.41) is 8.99. The average Bonchev–Trinajstić information content (AvgIpc) is 3.16. The molecule has 0 aliphatic carbocycles. The van der Waals surface area contributed by atoms with Crippen LogP contribution in [-0.4, -0.2) is 40.1 Å². The molecule has 2 aliphatic rings. The number of nitrogens with zero attached hydrogens (tertiary/aromatic N) is 4. The van der Waals surface area contributed by atoms with Gasteiger partial charge in [-0.05, 0) is 24.1 Å². The summed E-state index contributed by atoms with van der Waals surface area (Å²) < 4.78 is 4.05. The monoisotopic (exact) mass is 396 g/mol. The molecule has 6 nitrogen and oxygen atoms in total. The van der Waals surface area contributed by atoms with Crippen LogP contribution < -0.4 is 9.88 Å². The van der Waals surface area contributed by atoms with Crippen molar-refractivity contribution in [2.75, 3.05) is 19.6 Å². The molecule has 28 heavy (non-hydrogen) atoms. The lowest BCUT2D eigenvalue weighted by molar-refractivity contribution is -0.747. The maximum absolute atomic E-state index is 13.1. The average molecular weight is 397 g/mol. The number of hydrogen-bond acceptors (Lipinski definition) is 3. The van der Waals surface area contributed by atoms with Crippen LogP contribution in [0.5, 0.6) is 0 Å². The van der Waals surface area contributed by atoms with Gasteiger partial charge in [0.25, 0.3) is 0 Å². The SMILES string of the molecule is CC(C)c1cc(-c2ccc(Cl)cc2)nn2cc3[n+](c12)C1(C)CNCCN1C3=O. The molecule has 0 spiro atoms. The first kappa shape index (κ1) is 17.6. The number of imidazole rings is 1. The third kappa shape index (κ3) is 2.34. The van der Waals surface area contributed by atoms with E-state index >= 15 is 0 Å². The van der Waals surface area contributed by atoms with Gasteiger partial charge in [0.2, 0.25) is 5.69 Å². The van der Waals surface area contributed by atoms with E-state index in [1.54, 1.807) is 0 Å². The van der Waals surface area contributed by atoms with E-state index in [4.69, 9.17) is 16.7 Å². The first-order valence-electron chi connectivity index (χ1n) is 9.67. The van der Waals surface area contributed by atoms with Gasteiger partial charge in [-0.3, -0.25) is 9.69 Å². The van der Waals surface area contributed by atoms with Gasteiger partial charge < -0.3 is 5.32 Å². The third-order valence-electron chi connectivity index (χ3n) is 5.94. The van der Waals surface area contributed by atoms with E-state index in [9.17, 15) is 4.79 Å². The fraction of sp³-hybridized carbons (Fsp3) is 0.381. The number of fused-ring (bicyclic) bond motifs is 5. The number of rotatable bonds is 2. The van der Waals surface area contributed by atoms with E-state index in [0.717, 1.165) is 36.5 Å². The van der Waals surface area contributed by atoms with Crippen LogP contribution in [0.1, 0.15) is 42.7 Å². The molecule has 1 aromatic carbocycles. The van der Waals surface area contributed by atoms with E-state index in [-0.39, 0.29) is 11.8 Å². The summed E-state index contributed by atoms with van der Waals surface area (Å²) >= 11 is 6.05. The van der Waals surface area contributed by atoms with Gasteiger partial charge in [-0.25, -0.2) is 0 Å². The Labute approximate surface area is 168 Å². The van der Waals surface area contributed by atoms with E-state index < -0.39 is 5.66 Å². The predicted molar refractivity (Wildman–Crippen MR) is 107 cm³/mol. The number of benzene rings is 1. The Balaban J connectivity index is 1.78. The highest BCUT2D eigenvalue weighted by atomic mass is 35.5. The summed E-state index contributed by atoms with van der Waals surface area (Å²) in [5.41, 5.74) is 4.34. The molecule has 2 aliphatic heterocycles. The molecule has 5 rings (SSSR count). The minimum absolute atomic E-state index is 0.0808. The van der Waals surface area contributed by atoms with Crippen LogP contribution in [0.2, 0.25) is 5.02 Å². The minimum atomic E-state index is -0.410. The van der Waals surface area contributed by atoms with Crippen LogP contribution in [0, 0.1) is 0 Å². The molecular weight excluding hydrogens is 374 g/mol. The van der Waals surface area contributed by atoms with Crippen molar-refractivity contribution < 1.29 is 9.36 Å². The molecule has 3 aromatic rings. The summed E-state index contributed by atoms with van der Waals surface area (Å²) in [6.45, 7) is 8.76. The number of aromatic nitrogens is 3. The second-order valence-corrected chi connectivity index (χ2v) is 8.55. The molecule has 2 aromatic heterocycles. The summed E-state index contributed by atoms with van der Waals surface area (Å²) in [4.78, 5) is 15.1. The van der Waals surface area contributed by atoms with Crippen molar-refractivity contribution in [2.45, 2.75) is 32.4 Å². The van der Waals surface area contributed by atoms with Gasteiger partial charge in [-0.2, -0.15) is 4.57 Å². The molecule has 4 heterocycles. The topological polar surface area (TPSA) is 53.5 Å². The zero-order valence-electron chi connectivity index (χ0n) is 16.2. The smallest absolute Gasteiger partial charge is 0.309 e. The molecule has 1 N–H and O–H groups in total. The second kappa shape index (κ2) is 6.03. The Morgan fingerprint density at radius 2 is 2.04 bits per heavy atom. The van der Waals surface area contributed by atoms with Gasteiger partial charge >= 0.3 is 11.6 Å². The molecule has 0 radical (unpaired) electrons. The Bertz CT molecular complexity index is 1100. The lowest BCUT2D eigenvalue weighted by atomic mass is 10.0. The molecular formula is C21H23ClN5O+. The van der Waals surface area contributed by atoms with Crippen LogP contribution in [0.25, 0.3) is 16.9 Å². The molecule has 1 fully saturated rings. The number of carbonyl (C=O) groups is 1. The number of amides is 1. The van der Waals surface area contributed by atoms with Crippen LogP contribution >= 0.6 is 11.6 Å². The Morgan fingerprint density at radius 1 is 1.29 bits per heavy atom. The van der Waals surface area contributed by atoms with Crippen molar-refractivity contribution in [1.29, 1.82) is 0 Å².